The Labute approximate surface area is 181 Å². The van der Waals surface area contributed by atoms with E-state index in [1.165, 1.54) is 21.9 Å². The van der Waals surface area contributed by atoms with Gasteiger partial charge in [-0.1, -0.05) is 54.6 Å². The minimum absolute atomic E-state index is 0.0929. The summed E-state index contributed by atoms with van der Waals surface area (Å²) in [7, 11) is 0. The van der Waals surface area contributed by atoms with Gasteiger partial charge in [0.2, 0.25) is 5.91 Å². The fourth-order valence-corrected chi connectivity index (χ4v) is 5.16. The number of nitrogens with zero attached hydrogens (tertiary/aromatic N) is 2. The summed E-state index contributed by atoms with van der Waals surface area (Å²) in [5, 5.41) is 4.75. The molecule has 0 aliphatic carbocycles. The summed E-state index contributed by atoms with van der Waals surface area (Å²) in [6.45, 7) is 3.05. The van der Waals surface area contributed by atoms with Gasteiger partial charge in [0.15, 0.2) is 5.72 Å². The fraction of sp³-hybridized carbons (Fsp3) is 0.269. The minimum Gasteiger partial charge on any atom is -0.470 e. The summed E-state index contributed by atoms with van der Waals surface area (Å²) in [6.07, 6.45) is 3.84. The highest BCUT2D eigenvalue weighted by Crippen LogP contribution is 2.48. The Morgan fingerprint density at radius 1 is 1.00 bits per heavy atom. The van der Waals surface area contributed by atoms with Crippen molar-refractivity contribution in [3.8, 4) is 5.75 Å². The number of likely N-dealkylation sites (tertiary alicyclic amines) is 1. The van der Waals surface area contributed by atoms with Gasteiger partial charge >= 0.3 is 0 Å². The highest BCUT2D eigenvalue weighted by atomic mass is 16.5. The van der Waals surface area contributed by atoms with Crippen molar-refractivity contribution in [3.63, 3.8) is 0 Å². The van der Waals surface area contributed by atoms with E-state index in [1.54, 1.807) is 6.92 Å². The largest absolute Gasteiger partial charge is 0.470 e. The zero-order valence-corrected chi connectivity index (χ0v) is 17.5. The molecule has 1 saturated heterocycles. The van der Waals surface area contributed by atoms with Gasteiger partial charge in [-0.25, -0.2) is 0 Å². The lowest BCUT2D eigenvalue weighted by Crippen LogP contribution is -2.63. The molecule has 31 heavy (non-hydrogen) atoms. The Balaban J connectivity index is 1.39. The third kappa shape index (κ3) is 2.92. The van der Waals surface area contributed by atoms with Crippen molar-refractivity contribution in [2.45, 2.75) is 31.5 Å². The van der Waals surface area contributed by atoms with Gasteiger partial charge in [-0.3, -0.25) is 4.79 Å². The number of fused-ring (bicyclic) bond motifs is 5. The Morgan fingerprint density at radius 2 is 1.74 bits per heavy atom. The Bertz CT molecular complexity index is 1210. The quantitative estimate of drug-likeness (QED) is 0.642. The number of nitrogens with one attached hydrogen (secondary N) is 1. The smallest absolute Gasteiger partial charge is 0.219 e. The van der Waals surface area contributed by atoms with Gasteiger partial charge in [-0.2, -0.15) is 5.01 Å². The number of carbonyl (C=O) groups excluding carboxylic acids is 1. The number of piperidine rings is 1. The fourth-order valence-electron chi connectivity index (χ4n) is 5.16. The first-order valence-electron chi connectivity index (χ1n) is 10.9. The van der Waals surface area contributed by atoms with Crippen molar-refractivity contribution in [2.75, 3.05) is 13.1 Å². The predicted octanol–water partition coefficient (Wildman–Crippen LogP) is 4.47. The van der Waals surface area contributed by atoms with E-state index in [-0.39, 0.29) is 11.9 Å². The second-order valence-corrected chi connectivity index (χ2v) is 8.66. The number of carbonyl (C=O) groups is 1. The summed E-state index contributed by atoms with van der Waals surface area (Å²) in [5.74, 6) is 1.07. The Morgan fingerprint density at radius 3 is 2.55 bits per heavy atom. The number of para-hydroxylation sites is 1. The number of rotatable bonds is 1. The normalized spacial score (nSPS) is 21.8. The predicted molar refractivity (Wildman–Crippen MR) is 121 cm³/mol. The second kappa shape index (κ2) is 6.86. The van der Waals surface area contributed by atoms with Crippen LogP contribution in [0.15, 0.2) is 72.8 Å². The minimum atomic E-state index is -0.472. The van der Waals surface area contributed by atoms with Crippen LogP contribution in [0.4, 0.5) is 0 Å². The Kier molecular flexibility index (Phi) is 4.08. The standard InChI is InChI=1S/C26H25N3O2/c1-18(30)28-14-12-26(13-15-28)29-24(22-8-4-5-9-25(22)31-26)17-23(27-29)21-11-10-19-6-2-3-7-20(19)16-21/h2-11,16-17,24,27H,12-15H2,1H3/t24-/m1/s1. The summed E-state index contributed by atoms with van der Waals surface area (Å²) in [5.41, 5.74) is 6.65. The van der Waals surface area contributed by atoms with E-state index >= 15 is 0 Å². The molecule has 1 fully saturated rings. The molecular formula is C26H25N3O2. The molecule has 1 N–H and O–H groups in total. The van der Waals surface area contributed by atoms with Crippen LogP contribution in [-0.2, 0) is 4.79 Å². The molecule has 3 aliphatic heterocycles. The van der Waals surface area contributed by atoms with E-state index in [4.69, 9.17) is 4.74 Å². The summed E-state index contributed by atoms with van der Waals surface area (Å²) < 4.78 is 6.65. The molecule has 5 nitrogen and oxygen atoms in total. The molecule has 0 saturated carbocycles. The lowest BCUT2D eigenvalue weighted by atomic mass is 9.92. The topological polar surface area (TPSA) is 44.8 Å². The molecule has 5 heteroatoms. The molecule has 6 rings (SSSR count). The van der Waals surface area contributed by atoms with Crippen LogP contribution in [0.2, 0.25) is 0 Å². The molecule has 0 aromatic heterocycles. The average molecular weight is 412 g/mol. The highest BCUT2D eigenvalue weighted by molar-refractivity contribution is 5.86. The van der Waals surface area contributed by atoms with Crippen molar-refractivity contribution >= 4 is 22.4 Å². The molecule has 1 amide bonds. The molecule has 0 unspecified atom stereocenters. The average Bonchev–Trinajstić information content (AvgIpc) is 3.26. The molecule has 3 aromatic rings. The van der Waals surface area contributed by atoms with Crippen LogP contribution < -0.4 is 10.2 Å². The number of ether oxygens (including phenoxy) is 1. The van der Waals surface area contributed by atoms with Crippen LogP contribution in [-0.4, -0.2) is 34.6 Å². The lowest BCUT2D eigenvalue weighted by Gasteiger charge is -2.51. The molecular weight excluding hydrogens is 386 g/mol. The van der Waals surface area contributed by atoms with Crippen molar-refractivity contribution in [3.05, 3.63) is 83.9 Å². The van der Waals surface area contributed by atoms with Crippen LogP contribution in [0, 0.1) is 0 Å². The van der Waals surface area contributed by atoms with Gasteiger partial charge in [0, 0.05) is 38.4 Å². The summed E-state index contributed by atoms with van der Waals surface area (Å²) in [4.78, 5) is 13.8. The number of hydrogen-bond acceptors (Lipinski definition) is 4. The van der Waals surface area contributed by atoms with Crippen molar-refractivity contribution < 1.29 is 9.53 Å². The van der Waals surface area contributed by atoms with E-state index < -0.39 is 5.72 Å². The SMILES string of the molecule is CC(=O)N1CCC2(CC1)Oc1ccccc1[C@H]1C=C(c3ccc4ccccc4c3)NN12. The Hall–Kier alpha value is -3.31. The van der Waals surface area contributed by atoms with E-state index in [0.717, 1.165) is 24.3 Å². The molecule has 156 valence electrons. The molecule has 3 heterocycles. The zero-order chi connectivity index (χ0) is 21.0. The van der Waals surface area contributed by atoms with Crippen molar-refractivity contribution in [1.82, 2.24) is 15.3 Å². The second-order valence-electron chi connectivity index (χ2n) is 8.66. The monoisotopic (exact) mass is 411 g/mol. The van der Waals surface area contributed by atoms with Gasteiger partial charge < -0.3 is 15.1 Å². The zero-order valence-electron chi connectivity index (χ0n) is 17.5. The van der Waals surface area contributed by atoms with Gasteiger partial charge in [0.25, 0.3) is 0 Å². The first-order valence-corrected chi connectivity index (χ1v) is 10.9. The van der Waals surface area contributed by atoms with Crippen molar-refractivity contribution in [1.29, 1.82) is 0 Å². The van der Waals surface area contributed by atoms with Gasteiger partial charge in [-0.15, -0.1) is 0 Å². The van der Waals surface area contributed by atoms with Gasteiger partial charge in [-0.05, 0) is 34.5 Å². The molecule has 1 spiro atoms. The van der Waals surface area contributed by atoms with Gasteiger partial charge in [0.05, 0.1) is 11.7 Å². The van der Waals surface area contributed by atoms with Crippen LogP contribution in [0.5, 0.6) is 5.75 Å². The lowest BCUT2D eigenvalue weighted by molar-refractivity contribution is -0.165. The van der Waals surface area contributed by atoms with Crippen LogP contribution in [0.3, 0.4) is 0 Å². The number of benzene rings is 3. The third-order valence-corrected chi connectivity index (χ3v) is 6.87. The summed E-state index contributed by atoms with van der Waals surface area (Å²) in [6, 6.07) is 23.4. The van der Waals surface area contributed by atoms with E-state index in [1.807, 2.05) is 11.0 Å². The van der Waals surface area contributed by atoms with Crippen LogP contribution in [0.1, 0.15) is 36.9 Å². The van der Waals surface area contributed by atoms with Crippen LogP contribution in [0.25, 0.3) is 16.5 Å². The number of amides is 1. The maximum Gasteiger partial charge on any atom is 0.219 e. The van der Waals surface area contributed by atoms with Gasteiger partial charge in [0.1, 0.15) is 5.75 Å². The third-order valence-electron chi connectivity index (χ3n) is 6.87. The molecule has 1 atom stereocenters. The summed E-state index contributed by atoms with van der Waals surface area (Å²) >= 11 is 0. The van der Waals surface area contributed by atoms with E-state index in [2.05, 4.69) is 77.2 Å². The molecule has 3 aromatic carbocycles. The van der Waals surface area contributed by atoms with Crippen molar-refractivity contribution in [2.24, 2.45) is 0 Å². The maximum atomic E-state index is 11.9. The maximum absolute atomic E-state index is 11.9. The number of hydrazine groups is 1. The molecule has 0 radical (unpaired) electrons. The van der Waals surface area contributed by atoms with Crippen LogP contribution >= 0.6 is 0 Å². The molecule has 0 bridgehead atoms. The highest BCUT2D eigenvalue weighted by Gasteiger charge is 2.51. The first kappa shape index (κ1) is 18.5. The first-order chi connectivity index (χ1) is 15.1. The number of hydrogen-bond donors (Lipinski definition) is 1. The molecule has 3 aliphatic rings. The van der Waals surface area contributed by atoms with E-state index in [0.29, 0.717) is 13.1 Å². The van der Waals surface area contributed by atoms with E-state index in [9.17, 15) is 4.79 Å².